The summed E-state index contributed by atoms with van der Waals surface area (Å²) in [6.45, 7) is 3.63. The van der Waals surface area contributed by atoms with Gasteiger partial charge in [-0.1, -0.05) is 12.1 Å². The van der Waals surface area contributed by atoms with Gasteiger partial charge in [0.15, 0.2) is 0 Å². The van der Waals surface area contributed by atoms with Crippen LogP contribution in [0.4, 0.5) is 0 Å². The van der Waals surface area contributed by atoms with Crippen LogP contribution in [0.25, 0.3) is 0 Å². The Kier molecular flexibility index (Phi) is 4.61. The van der Waals surface area contributed by atoms with Crippen molar-refractivity contribution >= 4 is 17.7 Å². The van der Waals surface area contributed by atoms with Crippen molar-refractivity contribution in [2.24, 2.45) is 0 Å². The molecular weight excluding hydrogens is 284 g/mol. The summed E-state index contributed by atoms with van der Waals surface area (Å²) >= 11 is 1.40. The van der Waals surface area contributed by atoms with Crippen LogP contribution in [0.2, 0.25) is 0 Å². The quantitative estimate of drug-likeness (QED) is 0.874. The highest BCUT2D eigenvalue weighted by molar-refractivity contribution is 7.98. The molecule has 0 amide bonds. The highest BCUT2D eigenvalue weighted by atomic mass is 32.2. The van der Waals surface area contributed by atoms with Crippen molar-refractivity contribution in [1.29, 1.82) is 5.26 Å². The summed E-state index contributed by atoms with van der Waals surface area (Å²) in [7, 11) is 0. The lowest BCUT2D eigenvalue weighted by atomic mass is 10.1. The molecule has 1 heterocycles. The molecular formula is C16H14N2O2S. The average molecular weight is 298 g/mol. The molecule has 0 aliphatic rings. The van der Waals surface area contributed by atoms with Crippen molar-refractivity contribution in [3.8, 4) is 6.07 Å². The average Bonchev–Trinajstić information content (AvgIpc) is 2.44. The first-order chi connectivity index (χ1) is 10.0. The Morgan fingerprint density at radius 2 is 2.00 bits per heavy atom. The second-order valence-corrected chi connectivity index (χ2v) is 5.63. The Morgan fingerprint density at radius 3 is 2.57 bits per heavy atom. The van der Waals surface area contributed by atoms with Crippen molar-refractivity contribution in [3.63, 3.8) is 0 Å². The zero-order chi connectivity index (χ0) is 15.4. The number of carbonyl (C=O) groups is 1. The summed E-state index contributed by atoms with van der Waals surface area (Å²) < 4.78 is 0. The van der Waals surface area contributed by atoms with Gasteiger partial charge in [0.2, 0.25) is 0 Å². The van der Waals surface area contributed by atoms with Gasteiger partial charge in [0.05, 0.1) is 17.2 Å². The maximum Gasteiger partial charge on any atom is 0.338 e. The predicted octanol–water partition coefficient (Wildman–Crippen LogP) is 3.56. The smallest absolute Gasteiger partial charge is 0.338 e. The van der Waals surface area contributed by atoms with Crippen molar-refractivity contribution < 1.29 is 9.90 Å². The Bertz CT molecular complexity index is 718. The lowest BCUT2D eigenvalue weighted by Crippen LogP contribution is -2.05. The van der Waals surface area contributed by atoms with Crippen LogP contribution in [0, 0.1) is 25.2 Å². The normalized spacial score (nSPS) is 10.1. The Balaban J connectivity index is 2.23. The van der Waals surface area contributed by atoms with Gasteiger partial charge in [-0.25, -0.2) is 9.78 Å². The molecule has 0 unspecified atom stereocenters. The van der Waals surface area contributed by atoms with Crippen LogP contribution in [0.5, 0.6) is 0 Å². The van der Waals surface area contributed by atoms with Gasteiger partial charge in [0.25, 0.3) is 0 Å². The minimum Gasteiger partial charge on any atom is -0.478 e. The molecule has 106 valence electrons. The summed E-state index contributed by atoms with van der Waals surface area (Å²) in [5.74, 6) is -0.343. The number of nitriles is 1. The molecule has 5 heteroatoms. The maximum absolute atomic E-state index is 11.4. The minimum atomic E-state index is -0.956. The van der Waals surface area contributed by atoms with Crippen molar-refractivity contribution in [3.05, 3.63) is 58.3 Å². The summed E-state index contributed by atoms with van der Waals surface area (Å²) in [6, 6.07) is 11.1. The van der Waals surface area contributed by atoms with E-state index in [2.05, 4.69) is 11.1 Å². The van der Waals surface area contributed by atoms with E-state index >= 15 is 0 Å². The van der Waals surface area contributed by atoms with E-state index in [4.69, 9.17) is 5.26 Å². The number of hydrogen-bond acceptors (Lipinski definition) is 4. The van der Waals surface area contributed by atoms with Crippen molar-refractivity contribution in [2.45, 2.75) is 24.6 Å². The van der Waals surface area contributed by atoms with Crippen molar-refractivity contribution in [1.82, 2.24) is 4.98 Å². The topological polar surface area (TPSA) is 74.0 Å². The molecule has 1 aromatic carbocycles. The van der Waals surface area contributed by atoms with Crippen molar-refractivity contribution in [2.75, 3.05) is 0 Å². The number of carboxylic acid groups (broad SMARTS) is 1. The van der Waals surface area contributed by atoms with E-state index < -0.39 is 5.97 Å². The maximum atomic E-state index is 11.4. The largest absolute Gasteiger partial charge is 0.478 e. The van der Waals surface area contributed by atoms with Crippen LogP contribution >= 0.6 is 11.8 Å². The number of benzene rings is 1. The fraction of sp³-hybridized carbons (Fsp3) is 0.188. The number of aromatic carboxylic acids is 1. The molecule has 0 saturated heterocycles. The molecule has 0 atom stereocenters. The van der Waals surface area contributed by atoms with Crippen LogP contribution in [0.15, 0.2) is 35.4 Å². The van der Waals surface area contributed by atoms with E-state index in [0.29, 0.717) is 16.3 Å². The van der Waals surface area contributed by atoms with Crippen LogP contribution in [0.1, 0.15) is 32.7 Å². The summed E-state index contributed by atoms with van der Waals surface area (Å²) in [6.07, 6.45) is 0. The second-order valence-electron chi connectivity index (χ2n) is 4.66. The summed E-state index contributed by atoms with van der Waals surface area (Å²) in [4.78, 5) is 15.7. The summed E-state index contributed by atoms with van der Waals surface area (Å²) in [5, 5.41) is 18.6. The number of aryl methyl sites for hydroxylation is 2. The zero-order valence-corrected chi connectivity index (χ0v) is 12.6. The third kappa shape index (κ3) is 3.61. The Hall–Kier alpha value is -2.32. The van der Waals surface area contributed by atoms with Gasteiger partial charge in [0.1, 0.15) is 5.03 Å². The highest BCUT2D eigenvalue weighted by Gasteiger charge is 2.16. The molecule has 1 N–H and O–H groups in total. The standard InChI is InChI=1S/C16H14N2O2S/c1-10-7-11(2)18-15(14(10)16(19)20)21-9-13-5-3-12(8-17)4-6-13/h3-7H,9H2,1-2H3,(H,19,20). The number of rotatable bonds is 4. The predicted molar refractivity (Wildman–Crippen MR) is 81.4 cm³/mol. The monoisotopic (exact) mass is 298 g/mol. The molecule has 0 bridgehead atoms. The third-order valence-electron chi connectivity index (χ3n) is 2.98. The molecule has 1 aromatic heterocycles. The van der Waals surface area contributed by atoms with Gasteiger partial charge < -0.3 is 5.11 Å². The number of carboxylic acids is 1. The number of thioether (sulfide) groups is 1. The highest BCUT2D eigenvalue weighted by Crippen LogP contribution is 2.27. The van der Waals surface area contributed by atoms with Gasteiger partial charge in [-0.2, -0.15) is 5.26 Å². The first-order valence-electron chi connectivity index (χ1n) is 6.34. The van der Waals surface area contributed by atoms with E-state index in [0.717, 1.165) is 16.8 Å². The lowest BCUT2D eigenvalue weighted by molar-refractivity contribution is 0.0691. The van der Waals surface area contributed by atoms with E-state index in [9.17, 15) is 9.90 Å². The van der Waals surface area contributed by atoms with E-state index in [1.807, 2.05) is 19.1 Å². The van der Waals surface area contributed by atoms with Crippen LogP contribution in [-0.4, -0.2) is 16.1 Å². The Labute approximate surface area is 127 Å². The van der Waals surface area contributed by atoms with E-state index in [1.54, 1.807) is 25.1 Å². The minimum absolute atomic E-state index is 0.263. The Morgan fingerprint density at radius 1 is 1.33 bits per heavy atom. The molecule has 4 nitrogen and oxygen atoms in total. The molecule has 0 radical (unpaired) electrons. The van der Waals surface area contributed by atoms with E-state index in [1.165, 1.54) is 11.8 Å². The van der Waals surface area contributed by atoms with Crippen LogP contribution in [0.3, 0.4) is 0 Å². The molecule has 2 rings (SSSR count). The molecule has 0 fully saturated rings. The number of aromatic nitrogens is 1. The number of pyridine rings is 1. The van der Waals surface area contributed by atoms with Gasteiger partial charge in [-0.15, -0.1) is 11.8 Å². The lowest BCUT2D eigenvalue weighted by Gasteiger charge is -2.09. The first kappa shape index (κ1) is 15.1. The first-order valence-corrected chi connectivity index (χ1v) is 7.33. The second kappa shape index (κ2) is 6.42. The molecule has 0 aliphatic carbocycles. The number of hydrogen-bond donors (Lipinski definition) is 1. The fourth-order valence-electron chi connectivity index (χ4n) is 1.99. The molecule has 21 heavy (non-hydrogen) atoms. The third-order valence-corrected chi connectivity index (χ3v) is 4.03. The van der Waals surface area contributed by atoms with Crippen LogP contribution < -0.4 is 0 Å². The molecule has 2 aromatic rings. The molecule has 0 aliphatic heterocycles. The SMILES string of the molecule is Cc1cc(C)c(C(=O)O)c(SCc2ccc(C#N)cc2)n1. The number of nitrogens with zero attached hydrogens (tertiary/aromatic N) is 2. The van der Waals surface area contributed by atoms with Gasteiger partial charge in [-0.05, 0) is 43.2 Å². The fourth-order valence-corrected chi connectivity index (χ4v) is 3.09. The summed E-state index contributed by atoms with van der Waals surface area (Å²) in [5.41, 5.74) is 3.42. The van der Waals surface area contributed by atoms with Gasteiger partial charge in [-0.3, -0.25) is 0 Å². The molecule has 0 spiro atoms. The van der Waals surface area contributed by atoms with Crippen LogP contribution in [-0.2, 0) is 5.75 Å². The van der Waals surface area contributed by atoms with Gasteiger partial charge in [0, 0.05) is 11.4 Å². The molecule has 0 saturated carbocycles. The zero-order valence-electron chi connectivity index (χ0n) is 11.8. The van der Waals surface area contributed by atoms with E-state index in [-0.39, 0.29) is 5.56 Å². The van der Waals surface area contributed by atoms with Gasteiger partial charge >= 0.3 is 5.97 Å².